The molecule has 0 spiro atoms. The summed E-state index contributed by atoms with van der Waals surface area (Å²) in [6, 6.07) is 12.1. The Balaban J connectivity index is 1.88. The van der Waals surface area contributed by atoms with Gasteiger partial charge in [0.05, 0.1) is 11.6 Å². The summed E-state index contributed by atoms with van der Waals surface area (Å²) in [5, 5.41) is 0. The Morgan fingerprint density at radius 1 is 1.13 bits per heavy atom. The van der Waals surface area contributed by atoms with Gasteiger partial charge in [-0.1, -0.05) is 29.8 Å². The van der Waals surface area contributed by atoms with Crippen LogP contribution in [-0.2, 0) is 11.2 Å². The Labute approximate surface area is 175 Å². The monoisotopic (exact) mass is 400 g/mol. The summed E-state index contributed by atoms with van der Waals surface area (Å²) in [5.41, 5.74) is 10.9. The van der Waals surface area contributed by atoms with Crippen molar-refractivity contribution in [1.82, 2.24) is 14.9 Å². The van der Waals surface area contributed by atoms with Crippen molar-refractivity contribution in [1.29, 1.82) is 0 Å². The van der Waals surface area contributed by atoms with Crippen LogP contribution in [0.1, 0.15) is 56.8 Å². The van der Waals surface area contributed by atoms with Crippen LogP contribution in [0, 0.1) is 13.8 Å². The zero-order chi connectivity index (χ0) is 21.3. The van der Waals surface area contributed by atoms with Gasteiger partial charge in [-0.2, -0.15) is 0 Å². The Kier molecular flexibility index (Phi) is 5.31. The molecular weight excluding hydrogens is 376 g/mol. The van der Waals surface area contributed by atoms with Crippen molar-refractivity contribution < 1.29 is 9.59 Å². The molecule has 30 heavy (non-hydrogen) atoms. The molecule has 0 bridgehead atoms. The highest BCUT2D eigenvalue weighted by atomic mass is 16.2. The molecule has 2 amide bonds. The van der Waals surface area contributed by atoms with E-state index in [9.17, 15) is 9.59 Å². The van der Waals surface area contributed by atoms with E-state index < -0.39 is 11.9 Å². The van der Waals surface area contributed by atoms with Gasteiger partial charge in [-0.15, -0.1) is 0 Å². The zero-order valence-corrected chi connectivity index (χ0v) is 17.1. The van der Waals surface area contributed by atoms with E-state index in [-0.39, 0.29) is 11.9 Å². The molecule has 1 aliphatic rings. The van der Waals surface area contributed by atoms with E-state index in [1.165, 1.54) is 5.56 Å². The van der Waals surface area contributed by atoms with Gasteiger partial charge < -0.3 is 10.6 Å². The van der Waals surface area contributed by atoms with E-state index >= 15 is 0 Å². The summed E-state index contributed by atoms with van der Waals surface area (Å²) < 4.78 is 0. The lowest BCUT2D eigenvalue weighted by Gasteiger charge is -2.36. The Morgan fingerprint density at radius 3 is 2.63 bits per heavy atom. The third-order valence-electron chi connectivity index (χ3n) is 5.70. The quantitative estimate of drug-likeness (QED) is 0.710. The van der Waals surface area contributed by atoms with Gasteiger partial charge >= 0.3 is 0 Å². The number of nitrogens with zero attached hydrogens (tertiary/aromatic N) is 3. The predicted molar refractivity (Wildman–Crippen MR) is 114 cm³/mol. The van der Waals surface area contributed by atoms with Crippen LogP contribution in [0.25, 0.3) is 0 Å². The number of aryl methyl sites for hydroxylation is 3. The first-order valence-corrected chi connectivity index (χ1v) is 10.0. The fraction of sp³-hybridized carbons (Fsp3) is 0.250. The second-order valence-corrected chi connectivity index (χ2v) is 7.70. The van der Waals surface area contributed by atoms with Crippen molar-refractivity contribution in [3.05, 3.63) is 94.6 Å². The average molecular weight is 400 g/mol. The molecular formula is C24H24N4O2. The maximum absolute atomic E-state index is 13.8. The number of carbonyl (C=O) groups is 2. The standard InChI is InChI=1S/C24H24N4O2/c1-15-7-8-17-9-10-21(20(17)13-15)28(24(30)19-6-4-12-27-16(19)2)22(23(25)29)18-5-3-11-26-14-18/h3-8,11-14,21-22H,9-10H2,1-2H3,(H2,25,29)/t21-,22-/m1/s1. The average Bonchev–Trinajstić information content (AvgIpc) is 3.14. The van der Waals surface area contributed by atoms with Gasteiger partial charge in [0.1, 0.15) is 6.04 Å². The number of carbonyl (C=O) groups excluding carboxylic acids is 2. The Bertz CT molecular complexity index is 1100. The summed E-state index contributed by atoms with van der Waals surface area (Å²) in [7, 11) is 0. The van der Waals surface area contributed by atoms with Crippen LogP contribution < -0.4 is 5.73 Å². The molecule has 0 saturated heterocycles. The van der Waals surface area contributed by atoms with Crippen LogP contribution in [0.3, 0.4) is 0 Å². The fourth-order valence-electron chi connectivity index (χ4n) is 4.28. The van der Waals surface area contributed by atoms with Gasteiger partial charge in [0, 0.05) is 29.8 Å². The summed E-state index contributed by atoms with van der Waals surface area (Å²) >= 11 is 0. The number of primary amides is 1. The topological polar surface area (TPSA) is 89.2 Å². The highest BCUT2D eigenvalue weighted by molar-refractivity contribution is 5.98. The molecule has 6 nitrogen and oxygen atoms in total. The maximum Gasteiger partial charge on any atom is 0.257 e. The van der Waals surface area contributed by atoms with Crippen molar-refractivity contribution in [2.75, 3.05) is 0 Å². The number of nitrogens with two attached hydrogens (primary N) is 1. The first-order chi connectivity index (χ1) is 14.5. The number of pyridine rings is 2. The molecule has 2 N–H and O–H groups in total. The minimum atomic E-state index is -0.928. The van der Waals surface area contributed by atoms with E-state index in [1.54, 1.807) is 54.7 Å². The van der Waals surface area contributed by atoms with Crippen LogP contribution in [0.2, 0.25) is 0 Å². The third kappa shape index (κ3) is 3.56. The van der Waals surface area contributed by atoms with Crippen molar-refractivity contribution in [3.8, 4) is 0 Å². The Hall–Kier alpha value is -3.54. The molecule has 0 radical (unpaired) electrons. The van der Waals surface area contributed by atoms with E-state index in [0.29, 0.717) is 16.8 Å². The molecule has 0 saturated carbocycles. The number of rotatable bonds is 5. The minimum Gasteiger partial charge on any atom is -0.368 e. The SMILES string of the molecule is Cc1ccc2c(c1)[C@H](N(C(=O)c1cccnc1C)[C@@H](C(N)=O)c1cccnc1)CC2. The van der Waals surface area contributed by atoms with Gasteiger partial charge in [-0.3, -0.25) is 19.6 Å². The predicted octanol–water partition coefficient (Wildman–Crippen LogP) is 3.45. The largest absolute Gasteiger partial charge is 0.368 e. The molecule has 0 unspecified atom stereocenters. The van der Waals surface area contributed by atoms with Crippen LogP contribution in [0.5, 0.6) is 0 Å². The van der Waals surface area contributed by atoms with Crippen LogP contribution in [0.4, 0.5) is 0 Å². The lowest BCUT2D eigenvalue weighted by molar-refractivity contribution is -0.123. The number of benzene rings is 1. The molecule has 4 rings (SSSR count). The molecule has 1 aliphatic carbocycles. The fourth-order valence-corrected chi connectivity index (χ4v) is 4.28. The van der Waals surface area contributed by atoms with Gasteiger partial charge in [-0.25, -0.2) is 0 Å². The highest BCUT2D eigenvalue weighted by Gasteiger charge is 2.40. The molecule has 0 aliphatic heterocycles. The number of aromatic nitrogens is 2. The molecule has 6 heteroatoms. The molecule has 2 aromatic heterocycles. The van der Waals surface area contributed by atoms with Gasteiger partial charge in [-0.05, 0) is 56.0 Å². The smallest absolute Gasteiger partial charge is 0.257 e. The second kappa shape index (κ2) is 8.06. The summed E-state index contributed by atoms with van der Waals surface area (Å²) in [6.45, 7) is 3.82. The van der Waals surface area contributed by atoms with Crippen molar-refractivity contribution in [2.45, 2.75) is 38.8 Å². The molecule has 152 valence electrons. The minimum absolute atomic E-state index is 0.257. The van der Waals surface area contributed by atoms with Crippen molar-refractivity contribution in [3.63, 3.8) is 0 Å². The summed E-state index contributed by atoms with van der Waals surface area (Å²) in [5.74, 6) is -0.841. The first-order valence-electron chi connectivity index (χ1n) is 10.0. The number of hydrogen-bond donors (Lipinski definition) is 1. The lowest BCUT2D eigenvalue weighted by Crippen LogP contribution is -2.43. The zero-order valence-electron chi connectivity index (χ0n) is 17.1. The normalized spacial score (nSPS) is 16.0. The van der Waals surface area contributed by atoms with Crippen molar-refractivity contribution in [2.24, 2.45) is 5.73 Å². The van der Waals surface area contributed by atoms with E-state index in [2.05, 4.69) is 28.2 Å². The van der Waals surface area contributed by atoms with Crippen LogP contribution >= 0.6 is 0 Å². The second-order valence-electron chi connectivity index (χ2n) is 7.70. The van der Waals surface area contributed by atoms with Gasteiger partial charge in [0.25, 0.3) is 5.91 Å². The molecule has 2 heterocycles. The van der Waals surface area contributed by atoms with Gasteiger partial charge in [0.2, 0.25) is 5.91 Å². The van der Waals surface area contributed by atoms with E-state index in [1.807, 2.05) is 6.92 Å². The number of amides is 2. The summed E-state index contributed by atoms with van der Waals surface area (Å²) in [4.78, 5) is 36.6. The van der Waals surface area contributed by atoms with E-state index in [0.717, 1.165) is 24.0 Å². The molecule has 0 fully saturated rings. The van der Waals surface area contributed by atoms with Crippen LogP contribution in [-0.4, -0.2) is 26.7 Å². The third-order valence-corrected chi connectivity index (χ3v) is 5.70. The van der Waals surface area contributed by atoms with Crippen molar-refractivity contribution >= 4 is 11.8 Å². The van der Waals surface area contributed by atoms with Gasteiger partial charge in [0.15, 0.2) is 0 Å². The van der Waals surface area contributed by atoms with E-state index in [4.69, 9.17) is 5.73 Å². The summed E-state index contributed by atoms with van der Waals surface area (Å²) in [6.07, 6.45) is 6.45. The molecule has 3 aromatic rings. The highest BCUT2D eigenvalue weighted by Crippen LogP contribution is 2.41. The molecule has 1 aromatic carbocycles. The first kappa shape index (κ1) is 19.8. The maximum atomic E-state index is 13.8. The molecule has 2 atom stereocenters. The number of fused-ring (bicyclic) bond motifs is 1. The van der Waals surface area contributed by atoms with Crippen LogP contribution in [0.15, 0.2) is 61.1 Å². The lowest BCUT2D eigenvalue weighted by atomic mass is 9.98. The number of hydrogen-bond acceptors (Lipinski definition) is 4. The Morgan fingerprint density at radius 2 is 1.93 bits per heavy atom.